The van der Waals surface area contributed by atoms with E-state index in [1.165, 1.54) is 10.4 Å². The first-order valence-corrected chi connectivity index (χ1v) is 8.92. The van der Waals surface area contributed by atoms with E-state index in [1.54, 1.807) is 29.9 Å². The van der Waals surface area contributed by atoms with E-state index in [-0.39, 0.29) is 6.04 Å². The molecular formula is C14H17ClN4O2S. The zero-order valence-electron chi connectivity index (χ0n) is 12.2. The van der Waals surface area contributed by atoms with Gasteiger partial charge in [-0.3, -0.25) is 0 Å². The molecule has 0 amide bonds. The first kappa shape index (κ1) is 15.5. The van der Waals surface area contributed by atoms with Gasteiger partial charge in [-0.1, -0.05) is 22.9 Å². The summed E-state index contributed by atoms with van der Waals surface area (Å²) in [7, 11) is -3.50. The van der Waals surface area contributed by atoms with Crippen molar-refractivity contribution in [3.63, 3.8) is 0 Å². The highest BCUT2D eigenvalue weighted by Gasteiger charge is 2.31. The maximum atomic E-state index is 12.8. The Morgan fingerprint density at radius 2 is 2.00 bits per heavy atom. The van der Waals surface area contributed by atoms with E-state index in [0.29, 0.717) is 28.6 Å². The van der Waals surface area contributed by atoms with Gasteiger partial charge in [-0.25, -0.2) is 13.1 Å². The molecular weight excluding hydrogens is 324 g/mol. The predicted octanol–water partition coefficient (Wildman–Crippen LogP) is 2.27. The van der Waals surface area contributed by atoms with Crippen molar-refractivity contribution in [2.75, 3.05) is 13.1 Å². The molecule has 2 aromatic rings. The minimum absolute atomic E-state index is 0.203. The number of aryl methyl sites for hydroxylation is 1. The third-order valence-electron chi connectivity index (χ3n) is 4.01. The Morgan fingerprint density at radius 1 is 1.27 bits per heavy atom. The maximum Gasteiger partial charge on any atom is 0.243 e. The van der Waals surface area contributed by atoms with Crippen LogP contribution in [0.5, 0.6) is 0 Å². The first-order valence-electron chi connectivity index (χ1n) is 7.10. The molecule has 0 aliphatic carbocycles. The number of rotatable bonds is 3. The molecule has 8 heteroatoms. The third-order valence-corrected chi connectivity index (χ3v) is 6.28. The van der Waals surface area contributed by atoms with Crippen LogP contribution in [0.4, 0.5) is 0 Å². The molecule has 1 aliphatic heterocycles. The van der Waals surface area contributed by atoms with Crippen LogP contribution in [0.1, 0.15) is 24.4 Å². The summed E-state index contributed by atoms with van der Waals surface area (Å²) in [5.41, 5.74) is 0.711. The van der Waals surface area contributed by atoms with Crippen LogP contribution in [0.3, 0.4) is 0 Å². The molecule has 1 aromatic carbocycles. The summed E-state index contributed by atoms with van der Waals surface area (Å²) in [6.45, 7) is 2.73. The largest absolute Gasteiger partial charge is 0.249 e. The second-order valence-corrected chi connectivity index (χ2v) is 7.77. The van der Waals surface area contributed by atoms with Crippen LogP contribution in [-0.4, -0.2) is 40.8 Å². The molecule has 0 radical (unpaired) electrons. The number of nitrogens with zero attached hydrogens (tertiary/aromatic N) is 4. The zero-order valence-corrected chi connectivity index (χ0v) is 13.8. The second kappa shape index (κ2) is 5.98. The Morgan fingerprint density at radius 3 is 2.64 bits per heavy atom. The number of piperidine rings is 1. The molecule has 0 atom stereocenters. The molecule has 118 valence electrons. The zero-order chi connectivity index (χ0) is 15.7. The maximum absolute atomic E-state index is 12.8. The lowest BCUT2D eigenvalue weighted by molar-refractivity contribution is 0.258. The Bertz CT molecular complexity index is 753. The topological polar surface area (TPSA) is 68.1 Å². The van der Waals surface area contributed by atoms with Gasteiger partial charge >= 0.3 is 0 Å². The fourth-order valence-corrected chi connectivity index (χ4v) is 4.71. The molecule has 1 fully saturated rings. The van der Waals surface area contributed by atoms with Crippen LogP contribution in [0.25, 0.3) is 0 Å². The van der Waals surface area contributed by atoms with Gasteiger partial charge in [-0.15, -0.1) is 5.10 Å². The van der Waals surface area contributed by atoms with E-state index in [4.69, 9.17) is 11.6 Å². The van der Waals surface area contributed by atoms with Crippen LogP contribution in [0.2, 0.25) is 5.02 Å². The smallest absolute Gasteiger partial charge is 0.243 e. The van der Waals surface area contributed by atoms with E-state index >= 15 is 0 Å². The van der Waals surface area contributed by atoms with Gasteiger partial charge in [0.15, 0.2) is 0 Å². The van der Waals surface area contributed by atoms with Crippen LogP contribution in [-0.2, 0) is 10.0 Å². The van der Waals surface area contributed by atoms with Crippen LogP contribution >= 0.6 is 11.6 Å². The van der Waals surface area contributed by atoms with Crippen molar-refractivity contribution >= 4 is 21.6 Å². The summed E-state index contributed by atoms with van der Waals surface area (Å²) in [4.78, 5) is 0.291. The van der Waals surface area contributed by atoms with E-state index in [1.807, 2.05) is 6.20 Å². The fourth-order valence-electron chi connectivity index (χ4n) is 2.75. The van der Waals surface area contributed by atoms with Gasteiger partial charge in [-0.2, -0.15) is 4.31 Å². The molecule has 22 heavy (non-hydrogen) atoms. The minimum atomic E-state index is -3.50. The van der Waals surface area contributed by atoms with Crippen molar-refractivity contribution in [2.45, 2.75) is 30.7 Å². The van der Waals surface area contributed by atoms with E-state index in [0.717, 1.165) is 12.8 Å². The van der Waals surface area contributed by atoms with E-state index in [2.05, 4.69) is 10.3 Å². The molecule has 2 heterocycles. The highest BCUT2D eigenvalue weighted by molar-refractivity contribution is 7.89. The number of aromatic nitrogens is 3. The molecule has 0 saturated carbocycles. The van der Waals surface area contributed by atoms with Crippen molar-refractivity contribution in [1.82, 2.24) is 19.3 Å². The fraction of sp³-hybridized carbons (Fsp3) is 0.429. The van der Waals surface area contributed by atoms with Gasteiger partial charge in [0.05, 0.1) is 17.1 Å². The standard InChI is InChI=1S/C14H17ClN4O2S/c1-11-2-3-12(15)10-14(11)22(20,21)18-7-4-13(5-8-18)19-9-6-16-17-19/h2-3,6,9-10,13H,4-5,7-8H2,1H3. The molecule has 0 unspecified atom stereocenters. The molecule has 0 bridgehead atoms. The average molecular weight is 341 g/mol. The highest BCUT2D eigenvalue weighted by Crippen LogP contribution is 2.28. The summed E-state index contributed by atoms with van der Waals surface area (Å²) < 4.78 is 28.9. The van der Waals surface area contributed by atoms with Crippen molar-refractivity contribution in [1.29, 1.82) is 0 Å². The Hall–Kier alpha value is -1.44. The highest BCUT2D eigenvalue weighted by atomic mass is 35.5. The van der Waals surface area contributed by atoms with Crippen molar-refractivity contribution < 1.29 is 8.42 Å². The molecule has 0 N–H and O–H groups in total. The third kappa shape index (κ3) is 2.88. The lowest BCUT2D eigenvalue weighted by atomic mass is 10.1. The van der Waals surface area contributed by atoms with Gasteiger partial charge in [0, 0.05) is 24.3 Å². The summed E-state index contributed by atoms with van der Waals surface area (Å²) in [6, 6.07) is 5.16. The Labute approximate surface area is 134 Å². The molecule has 6 nitrogen and oxygen atoms in total. The Kier molecular flexibility index (Phi) is 4.20. The number of hydrogen-bond acceptors (Lipinski definition) is 4. The van der Waals surface area contributed by atoms with E-state index in [9.17, 15) is 8.42 Å². The van der Waals surface area contributed by atoms with Crippen molar-refractivity contribution in [3.8, 4) is 0 Å². The number of benzene rings is 1. The summed E-state index contributed by atoms with van der Waals surface area (Å²) in [5, 5.41) is 8.22. The molecule has 0 spiro atoms. The van der Waals surface area contributed by atoms with Gasteiger partial charge in [0.25, 0.3) is 0 Å². The van der Waals surface area contributed by atoms with Gasteiger partial charge in [0.1, 0.15) is 0 Å². The van der Waals surface area contributed by atoms with Gasteiger partial charge in [-0.05, 0) is 37.5 Å². The lowest BCUT2D eigenvalue weighted by Crippen LogP contribution is -2.39. The van der Waals surface area contributed by atoms with Crippen molar-refractivity contribution in [3.05, 3.63) is 41.2 Å². The quantitative estimate of drug-likeness (QED) is 0.859. The summed E-state index contributed by atoms with van der Waals surface area (Å²) in [6.07, 6.45) is 4.90. The normalized spacial score (nSPS) is 17.7. The monoisotopic (exact) mass is 340 g/mol. The van der Waals surface area contributed by atoms with Crippen LogP contribution in [0, 0.1) is 6.92 Å². The minimum Gasteiger partial charge on any atom is -0.249 e. The molecule has 3 rings (SSSR count). The first-order chi connectivity index (χ1) is 10.5. The Balaban J connectivity index is 1.79. The molecule has 1 aliphatic rings. The lowest BCUT2D eigenvalue weighted by Gasteiger charge is -2.31. The van der Waals surface area contributed by atoms with Crippen molar-refractivity contribution in [2.24, 2.45) is 0 Å². The van der Waals surface area contributed by atoms with Crippen LogP contribution in [0.15, 0.2) is 35.5 Å². The van der Waals surface area contributed by atoms with Gasteiger partial charge in [0.2, 0.25) is 10.0 Å². The number of halogens is 1. The second-order valence-electron chi connectivity index (χ2n) is 5.43. The molecule has 1 aromatic heterocycles. The number of hydrogen-bond donors (Lipinski definition) is 0. The summed E-state index contributed by atoms with van der Waals surface area (Å²) >= 11 is 5.95. The molecule has 1 saturated heterocycles. The SMILES string of the molecule is Cc1ccc(Cl)cc1S(=O)(=O)N1CCC(n2ccnn2)CC1. The number of sulfonamides is 1. The van der Waals surface area contributed by atoms with Gasteiger partial charge < -0.3 is 0 Å². The average Bonchev–Trinajstić information content (AvgIpc) is 3.04. The summed E-state index contributed by atoms with van der Waals surface area (Å²) in [5.74, 6) is 0. The van der Waals surface area contributed by atoms with E-state index < -0.39 is 10.0 Å². The predicted molar refractivity (Wildman–Crippen MR) is 83.2 cm³/mol. The van der Waals surface area contributed by atoms with Crippen LogP contribution < -0.4 is 0 Å².